The second kappa shape index (κ2) is 6.04. The van der Waals surface area contributed by atoms with E-state index in [9.17, 15) is 4.79 Å². The summed E-state index contributed by atoms with van der Waals surface area (Å²) in [7, 11) is 0. The summed E-state index contributed by atoms with van der Waals surface area (Å²) in [5.74, 6) is 1.20. The first-order valence-electron chi connectivity index (χ1n) is 7.35. The van der Waals surface area contributed by atoms with Crippen molar-refractivity contribution in [2.75, 3.05) is 5.32 Å². The molecule has 0 aliphatic carbocycles. The van der Waals surface area contributed by atoms with E-state index in [1.807, 2.05) is 61.7 Å². The molecule has 3 aromatic heterocycles. The van der Waals surface area contributed by atoms with Crippen LogP contribution in [0.3, 0.4) is 0 Å². The van der Waals surface area contributed by atoms with Crippen LogP contribution in [0.2, 0.25) is 0 Å². The lowest BCUT2D eigenvalue weighted by Gasteiger charge is -2.13. The minimum Gasteiger partial charge on any atom is -0.328 e. The van der Waals surface area contributed by atoms with Gasteiger partial charge in [0.05, 0.1) is 6.04 Å². The largest absolute Gasteiger partial charge is 0.328 e. The van der Waals surface area contributed by atoms with Crippen LogP contribution < -0.4 is 10.6 Å². The molecule has 1 unspecified atom stereocenters. The smallest absolute Gasteiger partial charge is 0.320 e. The van der Waals surface area contributed by atoms with Crippen LogP contribution in [0.5, 0.6) is 0 Å². The van der Waals surface area contributed by atoms with Crippen molar-refractivity contribution in [3.05, 3.63) is 53.6 Å². The van der Waals surface area contributed by atoms with Gasteiger partial charge in [0.25, 0.3) is 0 Å². The van der Waals surface area contributed by atoms with Gasteiger partial charge in [-0.2, -0.15) is 0 Å². The standard InChI is InChI=1S/C16H18N6O/c1-10-8-11(2)17-13(9-10)19-16(23)18-12(3)15-21-20-14-6-4-5-7-22(14)15/h4-9,12H,1-3H3,(H2,17,18,19,23). The maximum atomic E-state index is 12.2. The molecule has 3 rings (SSSR count). The third kappa shape index (κ3) is 3.28. The number of hydrogen-bond donors (Lipinski definition) is 2. The summed E-state index contributed by atoms with van der Waals surface area (Å²) < 4.78 is 1.85. The molecule has 118 valence electrons. The second-order valence-electron chi connectivity index (χ2n) is 5.48. The highest BCUT2D eigenvalue weighted by Gasteiger charge is 2.16. The summed E-state index contributed by atoms with van der Waals surface area (Å²) >= 11 is 0. The van der Waals surface area contributed by atoms with E-state index in [0.717, 1.165) is 16.9 Å². The van der Waals surface area contributed by atoms with Gasteiger partial charge < -0.3 is 5.32 Å². The summed E-state index contributed by atoms with van der Waals surface area (Å²) in [6.07, 6.45) is 1.87. The minimum absolute atomic E-state index is 0.293. The first kappa shape index (κ1) is 15.0. The molecule has 23 heavy (non-hydrogen) atoms. The number of nitrogens with zero attached hydrogens (tertiary/aromatic N) is 4. The van der Waals surface area contributed by atoms with Crippen LogP contribution in [0.4, 0.5) is 10.6 Å². The summed E-state index contributed by atoms with van der Waals surface area (Å²) in [5.41, 5.74) is 2.65. The zero-order valence-electron chi connectivity index (χ0n) is 13.2. The van der Waals surface area contributed by atoms with Crippen LogP contribution in [-0.4, -0.2) is 25.6 Å². The van der Waals surface area contributed by atoms with Crippen LogP contribution in [0.25, 0.3) is 5.65 Å². The molecule has 0 saturated carbocycles. The molecule has 2 amide bonds. The average molecular weight is 310 g/mol. The number of pyridine rings is 2. The summed E-state index contributed by atoms with van der Waals surface area (Å²) in [4.78, 5) is 16.4. The quantitative estimate of drug-likeness (QED) is 0.779. The molecule has 7 heteroatoms. The predicted molar refractivity (Wildman–Crippen MR) is 87.3 cm³/mol. The number of anilines is 1. The summed E-state index contributed by atoms with van der Waals surface area (Å²) in [6.45, 7) is 5.71. The molecular weight excluding hydrogens is 292 g/mol. The van der Waals surface area contributed by atoms with E-state index in [4.69, 9.17) is 0 Å². The van der Waals surface area contributed by atoms with Crippen LogP contribution in [0.1, 0.15) is 30.0 Å². The van der Waals surface area contributed by atoms with Crippen LogP contribution >= 0.6 is 0 Å². The van der Waals surface area contributed by atoms with E-state index >= 15 is 0 Å². The van der Waals surface area contributed by atoms with Crippen LogP contribution in [0.15, 0.2) is 36.5 Å². The van der Waals surface area contributed by atoms with Gasteiger partial charge in [0.2, 0.25) is 0 Å². The van der Waals surface area contributed by atoms with Gasteiger partial charge in [0.15, 0.2) is 11.5 Å². The van der Waals surface area contributed by atoms with E-state index in [-0.39, 0.29) is 12.1 Å². The van der Waals surface area contributed by atoms with E-state index < -0.39 is 0 Å². The number of carbonyl (C=O) groups excluding carboxylic acids is 1. The topological polar surface area (TPSA) is 84.2 Å². The molecule has 0 aromatic carbocycles. The molecule has 0 bridgehead atoms. The van der Waals surface area contributed by atoms with Gasteiger partial charge in [-0.3, -0.25) is 9.72 Å². The molecule has 3 heterocycles. The molecule has 3 aromatic rings. The molecule has 7 nitrogen and oxygen atoms in total. The Hall–Kier alpha value is -2.96. The Bertz CT molecular complexity index is 836. The SMILES string of the molecule is Cc1cc(C)nc(NC(=O)NC(C)c2nnc3ccccn23)c1. The van der Waals surface area contributed by atoms with E-state index in [1.165, 1.54) is 0 Å². The number of amides is 2. The Kier molecular flexibility index (Phi) is 3.92. The second-order valence-corrected chi connectivity index (χ2v) is 5.48. The van der Waals surface area contributed by atoms with Crippen molar-refractivity contribution in [1.82, 2.24) is 24.9 Å². The Morgan fingerprint density at radius 3 is 2.83 bits per heavy atom. The van der Waals surface area contributed by atoms with Gasteiger partial charge in [-0.1, -0.05) is 6.07 Å². The van der Waals surface area contributed by atoms with Gasteiger partial charge in [-0.25, -0.2) is 9.78 Å². The fourth-order valence-corrected chi connectivity index (χ4v) is 2.47. The van der Waals surface area contributed by atoms with E-state index in [0.29, 0.717) is 11.6 Å². The van der Waals surface area contributed by atoms with Gasteiger partial charge in [-0.05, 0) is 50.6 Å². The highest BCUT2D eigenvalue weighted by atomic mass is 16.2. The van der Waals surface area contributed by atoms with Gasteiger partial charge >= 0.3 is 6.03 Å². The molecular formula is C16H18N6O. The lowest BCUT2D eigenvalue weighted by molar-refractivity contribution is 0.249. The van der Waals surface area contributed by atoms with Gasteiger partial charge in [0, 0.05) is 11.9 Å². The van der Waals surface area contributed by atoms with E-state index in [1.54, 1.807) is 0 Å². The number of nitrogens with one attached hydrogen (secondary N) is 2. The zero-order chi connectivity index (χ0) is 16.4. The molecule has 0 spiro atoms. The monoisotopic (exact) mass is 310 g/mol. The Morgan fingerprint density at radius 2 is 2.04 bits per heavy atom. The van der Waals surface area contributed by atoms with Crippen LogP contribution in [0, 0.1) is 13.8 Å². The first-order valence-corrected chi connectivity index (χ1v) is 7.35. The molecule has 1 atom stereocenters. The summed E-state index contributed by atoms with van der Waals surface area (Å²) in [6, 6.07) is 8.80. The van der Waals surface area contributed by atoms with Crippen molar-refractivity contribution in [3.63, 3.8) is 0 Å². The number of aryl methyl sites for hydroxylation is 2. The van der Waals surface area contributed by atoms with Crippen molar-refractivity contribution < 1.29 is 4.79 Å². The first-order chi connectivity index (χ1) is 11.0. The highest BCUT2D eigenvalue weighted by molar-refractivity contribution is 5.88. The minimum atomic E-state index is -0.331. The fourth-order valence-electron chi connectivity index (χ4n) is 2.47. The maximum absolute atomic E-state index is 12.2. The predicted octanol–water partition coefficient (Wildman–Crippen LogP) is 2.62. The van der Waals surface area contributed by atoms with Crippen molar-refractivity contribution in [2.45, 2.75) is 26.8 Å². The van der Waals surface area contributed by atoms with Crippen LogP contribution in [-0.2, 0) is 0 Å². The number of aromatic nitrogens is 4. The summed E-state index contributed by atoms with van der Waals surface area (Å²) in [5, 5.41) is 13.8. The highest BCUT2D eigenvalue weighted by Crippen LogP contribution is 2.13. The third-order valence-corrected chi connectivity index (χ3v) is 3.41. The molecule has 0 radical (unpaired) electrons. The van der Waals surface area contributed by atoms with Crippen molar-refractivity contribution in [3.8, 4) is 0 Å². The molecule has 0 aliphatic rings. The number of hydrogen-bond acceptors (Lipinski definition) is 4. The lowest BCUT2D eigenvalue weighted by Crippen LogP contribution is -2.32. The van der Waals surface area contributed by atoms with Crippen molar-refractivity contribution in [2.24, 2.45) is 0 Å². The Labute approximate surface area is 133 Å². The Balaban J connectivity index is 1.72. The number of rotatable bonds is 3. The average Bonchev–Trinajstić information content (AvgIpc) is 2.89. The number of fused-ring (bicyclic) bond motifs is 1. The van der Waals surface area contributed by atoms with E-state index in [2.05, 4.69) is 25.8 Å². The van der Waals surface area contributed by atoms with Crippen molar-refractivity contribution >= 4 is 17.5 Å². The number of carbonyl (C=O) groups is 1. The fraction of sp³-hybridized carbons (Fsp3) is 0.250. The van der Waals surface area contributed by atoms with Crippen molar-refractivity contribution in [1.29, 1.82) is 0 Å². The third-order valence-electron chi connectivity index (χ3n) is 3.41. The van der Waals surface area contributed by atoms with Gasteiger partial charge in [-0.15, -0.1) is 10.2 Å². The van der Waals surface area contributed by atoms with Gasteiger partial charge in [0.1, 0.15) is 5.82 Å². The Morgan fingerprint density at radius 1 is 1.22 bits per heavy atom. The normalized spacial score (nSPS) is 12.1. The molecule has 0 fully saturated rings. The maximum Gasteiger partial charge on any atom is 0.320 e. The zero-order valence-corrected chi connectivity index (χ0v) is 13.2. The number of urea groups is 1. The molecule has 0 aliphatic heterocycles. The molecule has 0 saturated heterocycles. The lowest BCUT2D eigenvalue weighted by atomic mass is 10.2. The molecule has 2 N–H and O–H groups in total.